The lowest BCUT2D eigenvalue weighted by atomic mass is 10.3. The molecular weight excluding hydrogens is 256 g/mol. The third kappa shape index (κ3) is 3.23. The van der Waals surface area contributed by atoms with Gasteiger partial charge in [0, 0.05) is 38.9 Å². The minimum atomic E-state index is 0.587. The van der Waals surface area contributed by atoms with E-state index in [1.807, 2.05) is 20.9 Å². The third-order valence-electron chi connectivity index (χ3n) is 2.96. The second-order valence-corrected chi connectivity index (χ2v) is 4.47. The van der Waals surface area contributed by atoms with Gasteiger partial charge < -0.3 is 15.2 Å². The van der Waals surface area contributed by atoms with Crippen molar-refractivity contribution in [1.29, 1.82) is 0 Å². The molecule has 0 aliphatic carbocycles. The molecule has 7 heteroatoms. The van der Waals surface area contributed by atoms with Gasteiger partial charge in [0.1, 0.15) is 17.5 Å². The van der Waals surface area contributed by atoms with Crippen LogP contribution in [0.2, 0.25) is 0 Å². The molecule has 7 nitrogen and oxygen atoms in total. The second-order valence-electron chi connectivity index (χ2n) is 4.47. The van der Waals surface area contributed by atoms with Gasteiger partial charge in [-0.25, -0.2) is 9.97 Å². The van der Waals surface area contributed by atoms with Crippen molar-refractivity contribution in [3.8, 4) is 0 Å². The Bertz CT molecular complexity index is 580. The van der Waals surface area contributed by atoms with Gasteiger partial charge in [-0.15, -0.1) is 0 Å². The molecule has 108 valence electrons. The number of hydrogen-bond acceptors (Lipinski definition) is 7. The highest BCUT2D eigenvalue weighted by Gasteiger charge is 2.09. The summed E-state index contributed by atoms with van der Waals surface area (Å²) in [6.45, 7) is 6.51. The van der Waals surface area contributed by atoms with Gasteiger partial charge in [-0.3, -0.25) is 0 Å². The zero-order valence-electron chi connectivity index (χ0n) is 12.3. The Morgan fingerprint density at radius 2 is 1.80 bits per heavy atom. The van der Waals surface area contributed by atoms with Gasteiger partial charge in [0.2, 0.25) is 5.89 Å². The molecule has 2 heterocycles. The average Bonchev–Trinajstić information content (AvgIpc) is 2.86. The van der Waals surface area contributed by atoms with Gasteiger partial charge in [-0.1, -0.05) is 12.1 Å². The van der Waals surface area contributed by atoms with Crippen LogP contribution in [0.3, 0.4) is 0 Å². The van der Waals surface area contributed by atoms with Crippen LogP contribution in [0.25, 0.3) is 0 Å². The minimum Gasteiger partial charge on any atom is -0.373 e. The number of nitrogens with zero attached hydrogens (tertiary/aromatic N) is 4. The molecule has 0 aromatic carbocycles. The molecule has 0 aliphatic heterocycles. The Hall–Kier alpha value is -2.18. The van der Waals surface area contributed by atoms with E-state index < -0.39 is 0 Å². The van der Waals surface area contributed by atoms with E-state index in [0.29, 0.717) is 24.7 Å². The fraction of sp³-hybridized carbons (Fsp3) is 0.538. The molecule has 0 saturated carbocycles. The zero-order valence-corrected chi connectivity index (χ0v) is 12.3. The number of nitrogens with one attached hydrogen (secondary N) is 2. The molecule has 2 aromatic heterocycles. The molecule has 2 N–H and O–H groups in total. The summed E-state index contributed by atoms with van der Waals surface area (Å²) in [7, 11) is 1.86. The molecule has 2 rings (SSSR count). The van der Waals surface area contributed by atoms with E-state index >= 15 is 0 Å². The lowest BCUT2D eigenvalue weighted by Gasteiger charge is -2.12. The van der Waals surface area contributed by atoms with Crippen molar-refractivity contribution >= 4 is 11.6 Å². The Balaban J connectivity index is 2.04. The first kappa shape index (κ1) is 14.2. The SMILES string of the molecule is CCc1nc(NC)c(C)c(NCCc2noc(C)n2)n1. The van der Waals surface area contributed by atoms with E-state index in [2.05, 4.69) is 30.7 Å². The standard InChI is InChI=1S/C13H20N6O/c1-5-10-17-12(14-4)8(2)13(18-10)15-7-6-11-16-9(3)20-19-11/h5-7H2,1-4H3,(H2,14,15,17,18). The van der Waals surface area contributed by atoms with Crippen LogP contribution in [0.1, 0.15) is 30.0 Å². The van der Waals surface area contributed by atoms with Crippen molar-refractivity contribution in [2.75, 3.05) is 24.2 Å². The van der Waals surface area contributed by atoms with Crippen LogP contribution < -0.4 is 10.6 Å². The van der Waals surface area contributed by atoms with E-state index in [9.17, 15) is 0 Å². The quantitative estimate of drug-likeness (QED) is 0.830. The third-order valence-corrected chi connectivity index (χ3v) is 2.96. The molecule has 0 bridgehead atoms. The maximum absolute atomic E-state index is 4.94. The summed E-state index contributed by atoms with van der Waals surface area (Å²) >= 11 is 0. The number of anilines is 2. The van der Waals surface area contributed by atoms with Crippen LogP contribution in [0.15, 0.2) is 4.52 Å². The molecule has 0 atom stereocenters. The Kier molecular flexibility index (Phi) is 4.49. The maximum atomic E-state index is 4.94. The molecule has 2 aromatic rings. The van der Waals surface area contributed by atoms with Crippen molar-refractivity contribution in [2.24, 2.45) is 0 Å². The maximum Gasteiger partial charge on any atom is 0.223 e. The van der Waals surface area contributed by atoms with Crippen LogP contribution in [0.4, 0.5) is 11.6 Å². The highest BCUT2D eigenvalue weighted by atomic mass is 16.5. The van der Waals surface area contributed by atoms with Gasteiger partial charge in [0.05, 0.1) is 0 Å². The Morgan fingerprint density at radius 3 is 2.40 bits per heavy atom. The number of aromatic nitrogens is 4. The summed E-state index contributed by atoms with van der Waals surface area (Å²) in [5.41, 5.74) is 1.01. The monoisotopic (exact) mass is 276 g/mol. The van der Waals surface area contributed by atoms with E-state index in [4.69, 9.17) is 4.52 Å². The van der Waals surface area contributed by atoms with Crippen LogP contribution in [-0.4, -0.2) is 33.7 Å². The Morgan fingerprint density at radius 1 is 1.05 bits per heavy atom. The molecule has 0 saturated heterocycles. The van der Waals surface area contributed by atoms with E-state index in [1.165, 1.54) is 0 Å². The predicted octanol–water partition coefficient (Wildman–Crippen LogP) is 1.74. The summed E-state index contributed by atoms with van der Waals surface area (Å²) in [5, 5.41) is 10.3. The normalized spacial score (nSPS) is 10.6. The largest absolute Gasteiger partial charge is 0.373 e. The topological polar surface area (TPSA) is 88.8 Å². The van der Waals surface area contributed by atoms with Crippen molar-refractivity contribution in [1.82, 2.24) is 20.1 Å². The fourth-order valence-electron chi connectivity index (χ4n) is 1.87. The van der Waals surface area contributed by atoms with Gasteiger partial charge >= 0.3 is 0 Å². The van der Waals surface area contributed by atoms with Crippen molar-refractivity contribution in [3.63, 3.8) is 0 Å². The molecule has 0 radical (unpaired) electrons. The summed E-state index contributed by atoms with van der Waals surface area (Å²) in [4.78, 5) is 13.1. The average molecular weight is 276 g/mol. The van der Waals surface area contributed by atoms with Crippen molar-refractivity contribution in [3.05, 3.63) is 23.1 Å². The van der Waals surface area contributed by atoms with Crippen molar-refractivity contribution in [2.45, 2.75) is 33.6 Å². The molecule has 0 unspecified atom stereocenters. The predicted molar refractivity (Wildman–Crippen MR) is 76.9 cm³/mol. The number of rotatable bonds is 6. The molecule has 0 spiro atoms. The van der Waals surface area contributed by atoms with Crippen molar-refractivity contribution < 1.29 is 4.52 Å². The summed E-state index contributed by atoms with van der Waals surface area (Å²) in [6.07, 6.45) is 1.49. The van der Waals surface area contributed by atoms with Crippen LogP contribution in [-0.2, 0) is 12.8 Å². The molecular formula is C13H20N6O. The lowest BCUT2D eigenvalue weighted by Crippen LogP contribution is -2.12. The van der Waals surface area contributed by atoms with Crippen LogP contribution in [0, 0.1) is 13.8 Å². The van der Waals surface area contributed by atoms with E-state index in [0.717, 1.165) is 29.4 Å². The van der Waals surface area contributed by atoms with Crippen LogP contribution >= 0.6 is 0 Å². The highest BCUT2D eigenvalue weighted by molar-refractivity contribution is 5.56. The fourth-order valence-corrected chi connectivity index (χ4v) is 1.87. The first-order valence-corrected chi connectivity index (χ1v) is 6.72. The molecule has 0 amide bonds. The highest BCUT2D eigenvalue weighted by Crippen LogP contribution is 2.19. The summed E-state index contributed by atoms with van der Waals surface area (Å²) in [6, 6.07) is 0. The molecule has 0 aliphatic rings. The van der Waals surface area contributed by atoms with Gasteiger partial charge in [-0.05, 0) is 6.92 Å². The summed E-state index contributed by atoms with van der Waals surface area (Å²) in [5.74, 6) is 3.81. The number of aryl methyl sites for hydroxylation is 2. The zero-order chi connectivity index (χ0) is 14.5. The van der Waals surface area contributed by atoms with Gasteiger partial charge in [-0.2, -0.15) is 4.98 Å². The van der Waals surface area contributed by atoms with Gasteiger partial charge in [0.15, 0.2) is 5.82 Å². The lowest BCUT2D eigenvalue weighted by molar-refractivity contribution is 0.387. The van der Waals surface area contributed by atoms with Crippen LogP contribution in [0.5, 0.6) is 0 Å². The first-order valence-electron chi connectivity index (χ1n) is 6.72. The molecule has 20 heavy (non-hydrogen) atoms. The second kappa shape index (κ2) is 6.31. The molecule has 0 fully saturated rings. The van der Waals surface area contributed by atoms with E-state index in [1.54, 1.807) is 6.92 Å². The van der Waals surface area contributed by atoms with E-state index in [-0.39, 0.29) is 0 Å². The minimum absolute atomic E-state index is 0.587. The Labute approximate surface area is 118 Å². The van der Waals surface area contributed by atoms with Gasteiger partial charge in [0.25, 0.3) is 0 Å². The smallest absolute Gasteiger partial charge is 0.223 e. The summed E-state index contributed by atoms with van der Waals surface area (Å²) < 4.78 is 4.94. The first-order chi connectivity index (χ1) is 9.63. The number of hydrogen-bond donors (Lipinski definition) is 2.